The van der Waals surface area contributed by atoms with Crippen LogP contribution >= 0.6 is 11.6 Å². The van der Waals surface area contributed by atoms with Crippen molar-refractivity contribution in [3.63, 3.8) is 0 Å². The second-order valence-electron chi connectivity index (χ2n) is 5.52. The SMILES string of the molecule is CC(C)(C)c1nc(Cl)cc(OCCc2ccccn2)n1. The first-order valence-electron chi connectivity index (χ1n) is 6.53. The van der Waals surface area contributed by atoms with Gasteiger partial charge in [0.1, 0.15) is 11.0 Å². The van der Waals surface area contributed by atoms with Crippen LogP contribution in [0.15, 0.2) is 30.5 Å². The Morgan fingerprint density at radius 1 is 1.20 bits per heavy atom. The molecule has 0 amide bonds. The molecule has 0 N–H and O–H groups in total. The molecule has 0 aliphatic rings. The summed E-state index contributed by atoms with van der Waals surface area (Å²) < 4.78 is 5.65. The van der Waals surface area contributed by atoms with Gasteiger partial charge >= 0.3 is 0 Å². The number of hydrogen-bond donors (Lipinski definition) is 0. The largest absolute Gasteiger partial charge is 0.477 e. The maximum atomic E-state index is 6.01. The Labute approximate surface area is 124 Å². The third kappa shape index (κ3) is 4.17. The number of ether oxygens (including phenoxy) is 1. The minimum Gasteiger partial charge on any atom is -0.477 e. The fourth-order valence-electron chi connectivity index (χ4n) is 1.61. The van der Waals surface area contributed by atoms with Gasteiger partial charge in [-0.15, -0.1) is 0 Å². The first-order valence-corrected chi connectivity index (χ1v) is 6.91. The van der Waals surface area contributed by atoms with E-state index in [2.05, 4.69) is 15.0 Å². The van der Waals surface area contributed by atoms with Crippen molar-refractivity contribution in [1.29, 1.82) is 0 Å². The lowest BCUT2D eigenvalue weighted by Crippen LogP contribution is -2.17. The number of aromatic nitrogens is 3. The topological polar surface area (TPSA) is 47.9 Å². The highest BCUT2D eigenvalue weighted by Crippen LogP contribution is 2.23. The molecule has 4 nitrogen and oxygen atoms in total. The maximum absolute atomic E-state index is 6.01. The zero-order valence-corrected chi connectivity index (χ0v) is 12.7. The summed E-state index contributed by atoms with van der Waals surface area (Å²) in [6.07, 6.45) is 2.50. The lowest BCUT2D eigenvalue weighted by Gasteiger charge is -2.17. The molecule has 0 fully saturated rings. The molecule has 2 aromatic heterocycles. The summed E-state index contributed by atoms with van der Waals surface area (Å²) in [5.41, 5.74) is 0.827. The quantitative estimate of drug-likeness (QED) is 0.810. The predicted molar refractivity (Wildman–Crippen MR) is 79.2 cm³/mol. The molecule has 0 atom stereocenters. The normalized spacial score (nSPS) is 11.4. The Hall–Kier alpha value is -1.68. The fourth-order valence-corrected chi connectivity index (χ4v) is 1.79. The molecule has 0 bridgehead atoms. The number of hydrogen-bond acceptors (Lipinski definition) is 4. The Bertz CT molecular complexity index is 567. The van der Waals surface area contributed by atoms with E-state index >= 15 is 0 Å². The Morgan fingerprint density at radius 2 is 2.00 bits per heavy atom. The van der Waals surface area contributed by atoms with Gasteiger partial charge in [0.2, 0.25) is 5.88 Å². The van der Waals surface area contributed by atoms with Crippen molar-refractivity contribution in [3.8, 4) is 5.88 Å². The van der Waals surface area contributed by atoms with Crippen LogP contribution in [0.3, 0.4) is 0 Å². The Balaban J connectivity index is 2.01. The van der Waals surface area contributed by atoms with Crippen LogP contribution in [0, 0.1) is 0 Å². The Morgan fingerprint density at radius 3 is 2.65 bits per heavy atom. The fraction of sp³-hybridized carbons (Fsp3) is 0.400. The molecule has 2 heterocycles. The molecule has 2 aromatic rings. The predicted octanol–water partition coefficient (Wildman–Crippen LogP) is 3.44. The smallest absolute Gasteiger partial charge is 0.218 e. The number of halogens is 1. The van der Waals surface area contributed by atoms with Crippen molar-refractivity contribution in [2.45, 2.75) is 32.6 Å². The van der Waals surface area contributed by atoms with Crippen molar-refractivity contribution in [2.24, 2.45) is 0 Å². The first kappa shape index (κ1) is 14.7. The lowest BCUT2D eigenvalue weighted by atomic mass is 9.96. The van der Waals surface area contributed by atoms with E-state index in [0.717, 1.165) is 12.1 Å². The number of nitrogens with zero attached hydrogens (tertiary/aromatic N) is 3. The first-order chi connectivity index (χ1) is 9.45. The van der Waals surface area contributed by atoms with Gasteiger partial charge in [-0.05, 0) is 12.1 Å². The monoisotopic (exact) mass is 291 g/mol. The van der Waals surface area contributed by atoms with Crippen molar-refractivity contribution >= 4 is 11.6 Å². The summed E-state index contributed by atoms with van der Waals surface area (Å²) in [6.45, 7) is 6.62. The molecule has 0 saturated heterocycles. The average molecular weight is 292 g/mol. The van der Waals surface area contributed by atoms with Gasteiger partial charge in [-0.2, -0.15) is 4.98 Å². The van der Waals surface area contributed by atoms with Gasteiger partial charge in [0, 0.05) is 29.8 Å². The highest BCUT2D eigenvalue weighted by molar-refractivity contribution is 6.29. The summed E-state index contributed by atoms with van der Waals surface area (Å²) in [5.74, 6) is 1.18. The van der Waals surface area contributed by atoms with Crippen LogP contribution < -0.4 is 4.74 Å². The lowest BCUT2D eigenvalue weighted by molar-refractivity contribution is 0.304. The van der Waals surface area contributed by atoms with Crippen molar-refractivity contribution in [2.75, 3.05) is 6.61 Å². The molecule has 0 aromatic carbocycles. The minimum absolute atomic E-state index is 0.163. The molecular weight excluding hydrogens is 274 g/mol. The second-order valence-corrected chi connectivity index (χ2v) is 5.91. The van der Waals surface area contributed by atoms with Crippen LogP contribution in [0.4, 0.5) is 0 Å². The maximum Gasteiger partial charge on any atom is 0.218 e. The van der Waals surface area contributed by atoms with Crippen LogP contribution in [0.5, 0.6) is 5.88 Å². The standard InChI is InChI=1S/C15H18ClN3O/c1-15(2,3)14-18-12(16)10-13(19-14)20-9-7-11-6-4-5-8-17-11/h4-6,8,10H,7,9H2,1-3H3. The highest BCUT2D eigenvalue weighted by atomic mass is 35.5. The number of pyridine rings is 1. The molecule has 106 valence electrons. The van der Waals surface area contributed by atoms with E-state index in [-0.39, 0.29) is 5.41 Å². The molecular formula is C15H18ClN3O. The molecule has 2 rings (SSSR count). The van der Waals surface area contributed by atoms with Gasteiger partial charge in [-0.25, -0.2) is 4.98 Å². The van der Waals surface area contributed by atoms with E-state index in [0.29, 0.717) is 23.5 Å². The molecule has 20 heavy (non-hydrogen) atoms. The van der Waals surface area contributed by atoms with Crippen molar-refractivity contribution in [1.82, 2.24) is 15.0 Å². The molecule has 0 saturated carbocycles. The van der Waals surface area contributed by atoms with E-state index in [1.54, 1.807) is 12.3 Å². The van der Waals surface area contributed by atoms with Crippen LogP contribution in [0.2, 0.25) is 5.15 Å². The van der Waals surface area contributed by atoms with Gasteiger partial charge in [0.05, 0.1) is 6.61 Å². The van der Waals surface area contributed by atoms with Crippen LogP contribution in [0.25, 0.3) is 0 Å². The third-order valence-corrected chi connectivity index (χ3v) is 2.87. The Kier molecular flexibility index (Phi) is 4.55. The summed E-state index contributed by atoms with van der Waals surface area (Å²) in [5, 5.41) is 0.401. The van der Waals surface area contributed by atoms with Gasteiger partial charge in [0.15, 0.2) is 0 Å². The van der Waals surface area contributed by atoms with E-state index in [9.17, 15) is 0 Å². The van der Waals surface area contributed by atoms with E-state index in [1.165, 1.54) is 0 Å². The number of rotatable bonds is 4. The molecule has 5 heteroatoms. The highest BCUT2D eigenvalue weighted by Gasteiger charge is 2.19. The molecule has 0 spiro atoms. The zero-order valence-electron chi connectivity index (χ0n) is 11.9. The molecule has 0 radical (unpaired) electrons. The summed E-state index contributed by atoms with van der Waals surface area (Å²) in [7, 11) is 0. The summed E-state index contributed by atoms with van der Waals surface area (Å²) >= 11 is 6.01. The van der Waals surface area contributed by atoms with Gasteiger partial charge < -0.3 is 4.74 Å². The minimum atomic E-state index is -0.163. The van der Waals surface area contributed by atoms with E-state index in [1.807, 2.05) is 39.0 Å². The van der Waals surface area contributed by atoms with Gasteiger partial charge in [0.25, 0.3) is 0 Å². The molecule has 0 unspecified atom stereocenters. The second kappa shape index (κ2) is 6.18. The van der Waals surface area contributed by atoms with Crippen molar-refractivity contribution < 1.29 is 4.74 Å². The summed E-state index contributed by atoms with van der Waals surface area (Å²) in [4.78, 5) is 12.9. The van der Waals surface area contributed by atoms with E-state index < -0.39 is 0 Å². The van der Waals surface area contributed by atoms with Crippen LogP contribution in [-0.4, -0.2) is 21.6 Å². The van der Waals surface area contributed by atoms with Gasteiger partial charge in [-0.3, -0.25) is 4.98 Å². The average Bonchev–Trinajstić information content (AvgIpc) is 2.38. The summed E-state index contributed by atoms with van der Waals surface area (Å²) in [6, 6.07) is 7.46. The van der Waals surface area contributed by atoms with E-state index in [4.69, 9.17) is 16.3 Å². The van der Waals surface area contributed by atoms with Crippen LogP contribution in [0.1, 0.15) is 32.3 Å². The van der Waals surface area contributed by atoms with Crippen molar-refractivity contribution in [3.05, 3.63) is 47.1 Å². The molecule has 0 aliphatic carbocycles. The van der Waals surface area contributed by atoms with Crippen LogP contribution in [-0.2, 0) is 11.8 Å². The molecule has 0 aliphatic heterocycles. The van der Waals surface area contributed by atoms with Gasteiger partial charge in [-0.1, -0.05) is 38.4 Å². The third-order valence-electron chi connectivity index (χ3n) is 2.68. The zero-order chi connectivity index (χ0) is 14.6.